The number of pyridine rings is 1. The molecule has 0 fully saturated rings. The Kier molecular flexibility index (Phi) is 4.97. The van der Waals surface area contributed by atoms with Crippen LogP contribution in [0, 0.1) is 20.8 Å². The molecule has 0 spiro atoms. The smallest absolute Gasteiger partial charge is 0.257 e. The van der Waals surface area contributed by atoms with Crippen LogP contribution in [0.1, 0.15) is 40.4 Å². The van der Waals surface area contributed by atoms with E-state index in [2.05, 4.69) is 36.2 Å². The lowest BCUT2D eigenvalue weighted by Gasteiger charge is -2.25. The minimum absolute atomic E-state index is 0.0112. The van der Waals surface area contributed by atoms with E-state index in [1.807, 2.05) is 49.2 Å². The van der Waals surface area contributed by atoms with Gasteiger partial charge in [0.15, 0.2) is 0 Å². The number of aromatic amines is 1. The number of benzene rings is 2. The van der Waals surface area contributed by atoms with E-state index >= 15 is 0 Å². The summed E-state index contributed by atoms with van der Waals surface area (Å²) in [7, 11) is 1.66. The van der Waals surface area contributed by atoms with Crippen LogP contribution in [0.3, 0.4) is 0 Å². The number of nitrogens with one attached hydrogen (secondary N) is 1. The number of ether oxygens (including phenoxy) is 1. The molecule has 1 aliphatic rings. The van der Waals surface area contributed by atoms with Gasteiger partial charge in [-0.05, 0) is 61.7 Å². The Morgan fingerprint density at radius 3 is 2.41 bits per heavy atom. The van der Waals surface area contributed by atoms with Crippen molar-refractivity contribution >= 4 is 11.4 Å². The molecule has 5 nitrogen and oxygen atoms in total. The van der Waals surface area contributed by atoms with E-state index in [9.17, 15) is 4.79 Å². The summed E-state index contributed by atoms with van der Waals surface area (Å²) >= 11 is 0. The third-order valence-electron chi connectivity index (χ3n) is 5.43. The molecule has 0 amide bonds. The maximum absolute atomic E-state index is 12.7. The number of aryl methyl sites for hydroxylation is 3. The first-order valence-electron chi connectivity index (χ1n) is 9.75. The van der Waals surface area contributed by atoms with Gasteiger partial charge in [-0.3, -0.25) is 9.80 Å². The van der Waals surface area contributed by atoms with Crippen molar-refractivity contribution in [1.82, 2.24) is 4.98 Å². The Balaban J connectivity index is 1.82. The Bertz CT molecular complexity index is 1130. The number of anilines is 1. The Morgan fingerprint density at radius 2 is 1.76 bits per heavy atom. The quantitative estimate of drug-likeness (QED) is 0.708. The molecule has 1 aromatic heterocycles. The highest BCUT2D eigenvalue weighted by molar-refractivity contribution is 6.04. The van der Waals surface area contributed by atoms with E-state index in [4.69, 9.17) is 9.84 Å². The second kappa shape index (κ2) is 7.59. The van der Waals surface area contributed by atoms with Gasteiger partial charge in [0.25, 0.3) is 5.56 Å². The molecular formula is C24H25N3O2. The molecule has 2 heterocycles. The summed E-state index contributed by atoms with van der Waals surface area (Å²) < 4.78 is 5.31. The predicted molar refractivity (Wildman–Crippen MR) is 117 cm³/mol. The zero-order valence-corrected chi connectivity index (χ0v) is 17.2. The first kappa shape index (κ1) is 19.0. The minimum Gasteiger partial charge on any atom is -0.497 e. The molecule has 0 aliphatic carbocycles. The normalized spacial score (nSPS) is 16.1. The summed E-state index contributed by atoms with van der Waals surface area (Å²) in [6, 6.07) is 18.3. The average Bonchev–Trinajstić information content (AvgIpc) is 3.12. The van der Waals surface area contributed by atoms with Gasteiger partial charge in [0.05, 0.1) is 30.1 Å². The third-order valence-corrected chi connectivity index (χ3v) is 5.43. The molecule has 29 heavy (non-hydrogen) atoms. The van der Waals surface area contributed by atoms with E-state index in [1.54, 1.807) is 7.11 Å². The standard InChI is InChI=1S/C24H25N3O2/c1-15-7-5-6-8-21(15)27-22(18-9-11-19(29-4)12-10-18)14-20(26-27)23-16(2)13-17(3)25-24(23)28/h5-13,22H,14H2,1-4H3,(H,25,28). The molecular weight excluding hydrogens is 362 g/mol. The van der Waals surface area contributed by atoms with Gasteiger partial charge in [-0.1, -0.05) is 30.3 Å². The summed E-state index contributed by atoms with van der Waals surface area (Å²) in [6.45, 7) is 5.95. The fourth-order valence-electron chi connectivity index (χ4n) is 4.00. The molecule has 3 aromatic rings. The molecule has 0 radical (unpaired) electrons. The Hall–Kier alpha value is -3.34. The van der Waals surface area contributed by atoms with E-state index in [1.165, 1.54) is 0 Å². The van der Waals surface area contributed by atoms with Gasteiger partial charge >= 0.3 is 0 Å². The van der Waals surface area contributed by atoms with Crippen LogP contribution in [0.15, 0.2) is 64.5 Å². The third kappa shape index (κ3) is 3.56. The molecule has 2 aromatic carbocycles. The summed E-state index contributed by atoms with van der Waals surface area (Å²) in [6.07, 6.45) is 0.660. The number of H-pyrrole nitrogens is 1. The van der Waals surface area contributed by atoms with E-state index in [-0.39, 0.29) is 11.6 Å². The van der Waals surface area contributed by atoms with Gasteiger partial charge in [0.1, 0.15) is 5.75 Å². The largest absolute Gasteiger partial charge is 0.497 e. The van der Waals surface area contributed by atoms with Gasteiger partial charge < -0.3 is 9.72 Å². The van der Waals surface area contributed by atoms with Gasteiger partial charge in [-0.15, -0.1) is 0 Å². The van der Waals surface area contributed by atoms with E-state index in [0.29, 0.717) is 12.0 Å². The monoisotopic (exact) mass is 387 g/mol. The minimum atomic E-state index is -0.0821. The van der Waals surface area contributed by atoms with E-state index in [0.717, 1.165) is 39.5 Å². The molecule has 1 unspecified atom stereocenters. The molecule has 0 saturated heterocycles. The number of nitrogens with zero attached hydrogens (tertiary/aromatic N) is 2. The van der Waals surface area contributed by atoms with Crippen molar-refractivity contribution in [3.63, 3.8) is 0 Å². The average molecular weight is 387 g/mol. The van der Waals surface area contributed by atoms with Crippen LogP contribution in [-0.2, 0) is 0 Å². The zero-order valence-electron chi connectivity index (χ0n) is 17.2. The van der Waals surface area contributed by atoms with Crippen LogP contribution in [0.4, 0.5) is 5.69 Å². The number of hydrogen-bond acceptors (Lipinski definition) is 4. The van der Waals surface area contributed by atoms with Crippen molar-refractivity contribution in [2.75, 3.05) is 12.1 Å². The van der Waals surface area contributed by atoms with Gasteiger partial charge in [-0.2, -0.15) is 5.10 Å². The lowest BCUT2D eigenvalue weighted by atomic mass is 9.96. The molecule has 1 atom stereocenters. The van der Waals surface area contributed by atoms with Crippen LogP contribution in [-0.4, -0.2) is 17.8 Å². The van der Waals surface area contributed by atoms with E-state index < -0.39 is 0 Å². The van der Waals surface area contributed by atoms with Crippen LogP contribution >= 0.6 is 0 Å². The number of para-hydroxylation sites is 1. The zero-order chi connectivity index (χ0) is 20.5. The Morgan fingerprint density at radius 1 is 1.03 bits per heavy atom. The highest BCUT2D eigenvalue weighted by Gasteiger charge is 2.32. The maximum Gasteiger partial charge on any atom is 0.257 e. The number of aromatic nitrogens is 1. The number of methoxy groups -OCH3 is 1. The SMILES string of the molecule is COc1ccc(C2CC(c3c(C)cc(C)[nH]c3=O)=NN2c2ccccc2C)cc1. The predicted octanol–water partition coefficient (Wildman–Crippen LogP) is 4.66. The highest BCUT2D eigenvalue weighted by Crippen LogP contribution is 2.38. The molecule has 1 aliphatic heterocycles. The second-order valence-electron chi connectivity index (χ2n) is 7.51. The van der Waals surface area contributed by atoms with Crippen LogP contribution in [0.2, 0.25) is 0 Å². The van der Waals surface area contributed by atoms with Crippen molar-refractivity contribution in [1.29, 1.82) is 0 Å². The first-order valence-corrected chi connectivity index (χ1v) is 9.75. The number of rotatable bonds is 4. The lowest BCUT2D eigenvalue weighted by Crippen LogP contribution is -2.20. The first-order chi connectivity index (χ1) is 14.0. The molecule has 148 valence electrons. The Labute approximate surface area is 170 Å². The summed E-state index contributed by atoms with van der Waals surface area (Å²) in [5, 5.41) is 6.99. The number of hydrazone groups is 1. The molecule has 1 N–H and O–H groups in total. The van der Waals surface area contributed by atoms with Gasteiger partial charge in [0.2, 0.25) is 0 Å². The molecule has 5 heteroatoms. The van der Waals surface area contributed by atoms with Crippen LogP contribution in [0.25, 0.3) is 0 Å². The molecule has 4 rings (SSSR count). The number of hydrogen-bond donors (Lipinski definition) is 1. The molecule has 0 bridgehead atoms. The van der Waals surface area contributed by atoms with Crippen molar-refractivity contribution < 1.29 is 4.74 Å². The summed E-state index contributed by atoms with van der Waals surface area (Å²) in [5.74, 6) is 0.821. The fourth-order valence-corrected chi connectivity index (χ4v) is 4.00. The van der Waals surface area contributed by atoms with Crippen molar-refractivity contribution in [3.8, 4) is 5.75 Å². The summed E-state index contributed by atoms with van der Waals surface area (Å²) in [4.78, 5) is 15.6. The van der Waals surface area contributed by atoms with Crippen LogP contribution < -0.4 is 15.3 Å². The van der Waals surface area contributed by atoms with Crippen molar-refractivity contribution in [2.24, 2.45) is 5.10 Å². The van der Waals surface area contributed by atoms with Crippen molar-refractivity contribution in [2.45, 2.75) is 33.2 Å². The highest BCUT2D eigenvalue weighted by atomic mass is 16.5. The van der Waals surface area contributed by atoms with Crippen LogP contribution in [0.5, 0.6) is 5.75 Å². The second-order valence-corrected chi connectivity index (χ2v) is 7.51. The lowest BCUT2D eigenvalue weighted by molar-refractivity contribution is 0.414. The van der Waals surface area contributed by atoms with Gasteiger partial charge in [0, 0.05) is 12.1 Å². The maximum atomic E-state index is 12.7. The fraction of sp³-hybridized carbons (Fsp3) is 0.250. The summed E-state index contributed by atoms with van der Waals surface area (Å²) in [5.41, 5.74) is 6.53. The molecule has 0 saturated carbocycles. The van der Waals surface area contributed by atoms with Crippen molar-refractivity contribution in [3.05, 3.63) is 92.9 Å². The van der Waals surface area contributed by atoms with Gasteiger partial charge in [-0.25, -0.2) is 0 Å². The topological polar surface area (TPSA) is 57.7 Å².